The van der Waals surface area contributed by atoms with Gasteiger partial charge in [-0.25, -0.2) is 0 Å². The molecule has 5 heteroatoms. The summed E-state index contributed by atoms with van der Waals surface area (Å²) in [6.45, 7) is 3.01. The van der Waals surface area contributed by atoms with Crippen LogP contribution in [-0.2, 0) is 17.9 Å². The highest BCUT2D eigenvalue weighted by atomic mass is 32.1. The van der Waals surface area contributed by atoms with E-state index in [1.54, 1.807) is 4.90 Å². The van der Waals surface area contributed by atoms with Crippen LogP contribution < -0.4 is 9.64 Å². The molecule has 0 aliphatic carbocycles. The van der Waals surface area contributed by atoms with E-state index < -0.39 is 0 Å². The molecule has 1 unspecified atom stereocenters. The first kappa shape index (κ1) is 19.2. The van der Waals surface area contributed by atoms with Crippen molar-refractivity contribution in [3.05, 3.63) is 96.1 Å². The lowest BCUT2D eigenvalue weighted by atomic mass is 10.2. The van der Waals surface area contributed by atoms with Gasteiger partial charge in [-0.15, -0.1) is 0 Å². The summed E-state index contributed by atoms with van der Waals surface area (Å²) in [5.74, 6) is 0.744. The zero-order valence-electron chi connectivity index (χ0n) is 16.2. The van der Waals surface area contributed by atoms with Crippen molar-refractivity contribution in [3.63, 3.8) is 0 Å². The number of ether oxygens (including phenoxy) is 1. The van der Waals surface area contributed by atoms with Gasteiger partial charge in [0.2, 0.25) is 0 Å². The minimum Gasteiger partial charge on any atom is -0.489 e. The van der Waals surface area contributed by atoms with Crippen LogP contribution in [0, 0.1) is 0 Å². The second-order valence-electron chi connectivity index (χ2n) is 7.01. The van der Waals surface area contributed by atoms with E-state index in [0.717, 1.165) is 22.6 Å². The molecule has 3 aromatic rings. The summed E-state index contributed by atoms with van der Waals surface area (Å²) in [4.78, 5) is 16.5. The van der Waals surface area contributed by atoms with E-state index in [1.165, 1.54) is 0 Å². The Hall–Kier alpha value is -3.18. The second kappa shape index (κ2) is 8.45. The van der Waals surface area contributed by atoms with Gasteiger partial charge in [-0.2, -0.15) is 0 Å². The normalized spacial score (nSPS) is 16.4. The standard InChI is InChI=1S/C24H22N2O2S/c1-18-23(27)26(24(29)25(18)16-19-8-4-2-5-9-19)21-12-14-22(15-13-21)28-17-20-10-6-3-7-11-20/h2-15,18H,16-17H2,1H3. The topological polar surface area (TPSA) is 32.8 Å². The molecule has 3 aromatic carbocycles. The van der Waals surface area contributed by atoms with Crippen molar-refractivity contribution < 1.29 is 9.53 Å². The molecule has 0 saturated carbocycles. The van der Waals surface area contributed by atoms with Crippen molar-refractivity contribution in [1.29, 1.82) is 0 Å². The van der Waals surface area contributed by atoms with Crippen LogP contribution in [-0.4, -0.2) is 22.0 Å². The number of rotatable bonds is 6. The fourth-order valence-corrected chi connectivity index (χ4v) is 3.78. The molecular formula is C24H22N2O2S. The highest BCUT2D eigenvalue weighted by Crippen LogP contribution is 2.28. The van der Waals surface area contributed by atoms with Gasteiger partial charge < -0.3 is 9.64 Å². The number of carbonyl (C=O) groups excluding carboxylic acids is 1. The monoisotopic (exact) mass is 402 g/mol. The number of carbonyl (C=O) groups is 1. The highest BCUT2D eigenvalue weighted by Gasteiger charge is 2.40. The van der Waals surface area contributed by atoms with E-state index in [1.807, 2.05) is 96.8 Å². The molecule has 0 aromatic heterocycles. The molecule has 0 radical (unpaired) electrons. The Labute approximate surface area is 176 Å². The molecule has 0 bridgehead atoms. The fourth-order valence-electron chi connectivity index (χ4n) is 3.36. The van der Waals surface area contributed by atoms with Crippen LogP contribution in [0.3, 0.4) is 0 Å². The van der Waals surface area contributed by atoms with E-state index in [-0.39, 0.29) is 11.9 Å². The van der Waals surface area contributed by atoms with E-state index in [4.69, 9.17) is 17.0 Å². The van der Waals surface area contributed by atoms with Crippen molar-refractivity contribution in [3.8, 4) is 5.75 Å². The van der Waals surface area contributed by atoms with E-state index in [9.17, 15) is 4.79 Å². The first-order chi connectivity index (χ1) is 14.1. The van der Waals surface area contributed by atoms with Gasteiger partial charge in [-0.3, -0.25) is 9.69 Å². The largest absolute Gasteiger partial charge is 0.489 e. The summed E-state index contributed by atoms with van der Waals surface area (Å²) in [6.07, 6.45) is 0. The molecule has 1 heterocycles. The fraction of sp³-hybridized carbons (Fsp3) is 0.167. The summed E-state index contributed by atoms with van der Waals surface area (Å²) in [6, 6.07) is 27.3. The minimum atomic E-state index is -0.295. The van der Waals surface area contributed by atoms with E-state index in [2.05, 4.69) is 0 Å². The number of anilines is 1. The van der Waals surface area contributed by atoms with E-state index in [0.29, 0.717) is 18.3 Å². The molecule has 1 fully saturated rings. The van der Waals surface area contributed by atoms with Crippen molar-refractivity contribution in [2.45, 2.75) is 26.1 Å². The maximum Gasteiger partial charge on any atom is 0.255 e. The summed E-state index contributed by atoms with van der Waals surface area (Å²) >= 11 is 5.64. The molecule has 0 N–H and O–H groups in total. The number of benzene rings is 3. The lowest BCUT2D eigenvalue weighted by Gasteiger charge is -2.22. The molecule has 29 heavy (non-hydrogen) atoms. The Kier molecular flexibility index (Phi) is 5.58. The first-order valence-corrected chi connectivity index (χ1v) is 9.99. The van der Waals surface area contributed by atoms with Crippen molar-refractivity contribution in [2.75, 3.05) is 4.90 Å². The number of nitrogens with zero attached hydrogens (tertiary/aromatic N) is 2. The second-order valence-corrected chi connectivity index (χ2v) is 7.38. The number of hydrogen-bond acceptors (Lipinski definition) is 3. The van der Waals surface area contributed by atoms with Gasteiger partial charge in [-0.05, 0) is 54.5 Å². The predicted molar refractivity (Wildman–Crippen MR) is 119 cm³/mol. The molecule has 146 valence electrons. The summed E-state index contributed by atoms with van der Waals surface area (Å²) < 4.78 is 5.84. The Morgan fingerprint density at radius 3 is 2.07 bits per heavy atom. The Morgan fingerprint density at radius 2 is 1.45 bits per heavy atom. The number of hydrogen-bond donors (Lipinski definition) is 0. The van der Waals surface area contributed by atoms with Crippen LogP contribution in [0.15, 0.2) is 84.9 Å². The lowest BCUT2D eigenvalue weighted by molar-refractivity contribution is -0.119. The third-order valence-electron chi connectivity index (χ3n) is 5.02. The minimum absolute atomic E-state index is 0.0103. The van der Waals surface area contributed by atoms with Gasteiger partial charge in [0.15, 0.2) is 5.11 Å². The zero-order chi connectivity index (χ0) is 20.2. The molecule has 4 rings (SSSR count). The average molecular weight is 403 g/mol. The Morgan fingerprint density at radius 1 is 0.862 bits per heavy atom. The Balaban J connectivity index is 1.46. The maximum atomic E-state index is 12.9. The molecular weight excluding hydrogens is 380 g/mol. The van der Waals surface area contributed by atoms with Gasteiger partial charge in [0.1, 0.15) is 18.4 Å². The molecule has 4 nitrogen and oxygen atoms in total. The smallest absolute Gasteiger partial charge is 0.255 e. The molecule has 1 atom stereocenters. The quantitative estimate of drug-likeness (QED) is 0.555. The molecule has 1 aliphatic rings. The summed E-state index contributed by atoms with van der Waals surface area (Å²) in [5.41, 5.74) is 2.99. The van der Waals surface area contributed by atoms with Crippen LogP contribution in [0.1, 0.15) is 18.1 Å². The molecule has 1 amide bonds. The summed E-state index contributed by atoms with van der Waals surface area (Å²) in [5, 5.41) is 0.532. The van der Waals surface area contributed by atoms with Gasteiger partial charge in [0.25, 0.3) is 5.91 Å². The first-order valence-electron chi connectivity index (χ1n) is 9.59. The predicted octanol–water partition coefficient (Wildman–Crippen LogP) is 4.79. The van der Waals surface area contributed by atoms with Crippen molar-refractivity contribution >= 4 is 28.9 Å². The molecule has 1 aliphatic heterocycles. The zero-order valence-corrected chi connectivity index (χ0v) is 17.0. The number of amides is 1. The van der Waals surface area contributed by atoms with Crippen LogP contribution in [0.2, 0.25) is 0 Å². The van der Waals surface area contributed by atoms with Gasteiger partial charge in [-0.1, -0.05) is 60.7 Å². The maximum absolute atomic E-state index is 12.9. The van der Waals surface area contributed by atoms with Crippen LogP contribution >= 0.6 is 12.2 Å². The SMILES string of the molecule is CC1C(=O)N(c2ccc(OCc3ccccc3)cc2)C(=S)N1Cc1ccccc1. The third-order valence-corrected chi connectivity index (χ3v) is 5.44. The summed E-state index contributed by atoms with van der Waals surface area (Å²) in [7, 11) is 0. The highest BCUT2D eigenvalue weighted by molar-refractivity contribution is 7.80. The molecule has 1 saturated heterocycles. The van der Waals surface area contributed by atoms with Crippen molar-refractivity contribution in [1.82, 2.24) is 4.90 Å². The van der Waals surface area contributed by atoms with E-state index >= 15 is 0 Å². The number of thiocarbonyl (C=S) groups is 1. The lowest BCUT2D eigenvalue weighted by Crippen LogP contribution is -2.33. The van der Waals surface area contributed by atoms with Gasteiger partial charge in [0.05, 0.1) is 5.69 Å². The van der Waals surface area contributed by atoms with Crippen molar-refractivity contribution in [2.24, 2.45) is 0 Å². The third kappa shape index (κ3) is 4.15. The van der Waals surface area contributed by atoms with Gasteiger partial charge in [0, 0.05) is 6.54 Å². The van der Waals surface area contributed by atoms with Gasteiger partial charge >= 0.3 is 0 Å². The van der Waals surface area contributed by atoms with Crippen LogP contribution in [0.25, 0.3) is 0 Å². The Bertz CT molecular complexity index is 990. The average Bonchev–Trinajstić information content (AvgIpc) is 2.97. The molecule has 0 spiro atoms. The van der Waals surface area contributed by atoms with Crippen LogP contribution in [0.4, 0.5) is 5.69 Å². The van der Waals surface area contributed by atoms with Crippen LogP contribution in [0.5, 0.6) is 5.75 Å².